The predicted octanol–water partition coefficient (Wildman–Crippen LogP) is 5.47. The number of amides is 4. The maximum absolute atomic E-state index is 14.7. The Morgan fingerprint density at radius 1 is 1.10 bits per heavy atom. The fraction of sp³-hybridized carbons (Fsp3) is 0.226. The van der Waals surface area contributed by atoms with Crippen LogP contribution in [0.15, 0.2) is 79.0 Å². The lowest BCUT2D eigenvalue weighted by molar-refractivity contribution is -0.131. The quantitative estimate of drug-likeness (QED) is 0.252. The van der Waals surface area contributed by atoms with Crippen LogP contribution < -0.4 is 10.1 Å². The minimum absolute atomic E-state index is 0.122. The summed E-state index contributed by atoms with van der Waals surface area (Å²) in [6, 6.07) is 18.1. The minimum atomic E-state index is -0.941. The van der Waals surface area contributed by atoms with E-state index in [0.717, 1.165) is 5.56 Å². The number of nitrogens with zero attached hydrogens (tertiary/aromatic N) is 3. The van der Waals surface area contributed by atoms with Crippen molar-refractivity contribution in [3.8, 4) is 17.0 Å². The number of aromatic amines is 1. The van der Waals surface area contributed by atoms with E-state index in [0.29, 0.717) is 22.8 Å². The number of hydrogen-bond acceptors (Lipinski definition) is 5. The van der Waals surface area contributed by atoms with Crippen LogP contribution in [-0.2, 0) is 9.59 Å². The highest BCUT2D eigenvalue weighted by Gasteiger charge is 2.46. The van der Waals surface area contributed by atoms with Crippen molar-refractivity contribution in [3.05, 3.63) is 107 Å². The Balaban J connectivity index is 1.45. The number of ether oxygens (including phenoxy) is 1. The molecule has 0 saturated carbocycles. The molecule has 3 atom stereocenters. The van der Waals surface area contributed by atoms with Gasteiger partial charge in [0.25, 0.3) is 11.8 Å². The Morgan fingerprint density at radius 2 is 1.81 bits per heavy atom. The number of likely N-dealkylation sites (N-methyl/N-ethyl adjacent to an activating group) is 1. The van der Waals surface area contributed by atoms with Gasteiger partial charge in [0.05, 0.1) is 11.9 Å². The van der Waals surface area contributed by atoms with Crippen molar-refractivity contribution in [2.45, 2.75) is 24.9 Å². The first-order chi connectivity index (χ1) is 20.1. The SMILES string of the molecule is C[C@@H](c1ccccc1)C(c1ncc(-c2ccc(Cl)cc2F)[nH]1)N1C(=O)N[C@H](c2ccc(OCC(=O)N(C)C)cc2)C1=O. The van der Waals surface area contributed by atoms with E-state index < -0.39 is 29.8 Å². The number of nitrogens with one attached hydrogen (secondary N) is 2. The van der Waals surface area contributed by atoms with Crippen LogP contribution in [-0.4, -0.2) is 58.3 Å². The average molecular weight is 590 g/mol. The van der Waals surface area contributed by atoms with Gasteiger partial charge in [0, 0.05) is 30.6 Å². The van der Waals surface area contributed by atoms with Gasteiger partial charge in [0.15, 0.2) is 6.61 Å². The van der Waals surface area contributed by atoms with E-state index in [-0.39, 0.29) is 29.0 Å². The van der Waals surface area contributed by atoms with Gasteiger partial charge in [-0.2, -0.15) is 0 Å². The highest BCUT2D eigenvalue weighted by atomic mass is 35.5. The normalized spacial score (nSPS) is 16.2. The summed E-state index contributed by atoms with van der Waals surface area (Å²) in [5.41, 5.74) is 2.08. The Labute approximate surface area is 247 Å². The first-order valence-electron chi connectivity index (χ1n) is 13.3. The summed E-state index contributed by atoms with van der Waals surface area (Å²) >= 11 is 5.92. The molecule has 1 aliphatic heterocycles. The highest BCUT2D eigenvalue weighted by molar-refractivity contribution is 6.30. The number of imidazole rings is 1. The lowest BCUT2D eigenvalue weighted by Crippen LogP contribution is -2.38. The van der Waals surface area contributed by atoms with Crippen molar-refractivity contribution in [2.24, 2.45) is 0 Å². The molecular weight excluding hydrogens is 561 g/mol. The van der Waals surface area contributed by atoms with Crippen LogP contribution in [0.25, 0.3) is 11.3 Å². The second-order valence-electron chi connectivity index (χ2n) is 10.2. The van der Waals surface area contributed by atoms with Crippen LogP contribution in [0.3, 0.4) is 0 Å². The largest absolute Gasteiger partial charge is 0.484 e. The fourth-order valence-corrected chi connectivity index (χ4v) is 5.03. The van der Waals surface area contributed by atoms with E-state index in [4.69, 9.17) is 16.3 Å². The van der Waals surface area contributed by atoms with Crippen molar-refractivity contribution in [2.75, 3.05) is 20.7 Å². The van der Waals surface area contributed by atoms with Crippen molar-refractivity contribution < 1.29 is 23.5 Å². The summed E-state index contributed by atoms with van der Waals surface area (Å²) in [5.74, 6) is -0.756. The second-order valence-corrected chi connectivity index (χ2v) is 10.6. The molecule has 2 heterocycles. The summed E-state index contributed by atoms with van der Waals surface area (Å²) in [5, 5.41) is 3.05. The van der Waals surface area contributed by atoms with Crippen molar-refractivity contribution in [3.63, 3.8) is 0 Å². The van der Waals surface area contributed by atoms with Gasteiger partial charge in [-0.3, -0.25) is 14.5 Å². The molecule has 0 aliphatic carbocycles. The average Bonchev–Trinajstić information content (AvgIpc) is 3.57. The summed E-state index contributed by atoms with van der Waals surface area (Å²) in [7, 11) is 3.28. The number of carbonyl (C=O) groups excluding carboxylic acids is 3. The Kier molecular flexibility index (Phi) is 8.26. The van der Waals surface area contributed by atoms with Crippen LogP contribution in [0, 0.1) is 5.82 Å². The molecule has 2 N–H and O–H groups in total. The topological polar surface area (TPSA) is 108 Å². The summed E-state index contributed by atoms with van der Waals surface area (Å²) in [4.78, 5) is 49.3. The van der Waals surface area contributed by atoms with E-state index in [2.05, 4.69) is 15.3 Å². The van der Waals surface area contributed by atoms with Gasteiger partial charge in [-0.1, -0.05) is 61.0 Å². The molecular formula is C31H29ClFN5O4. The van der Waals surface area contributed by atoms with Crippen LogP contribution in [0.2, 0.25) is 5.02 Å². The van der Waals surface area contributed by atoms with Gasteiger partial charge in [0.2, 0.25) is 0 Å². The van der Waals surface area contributed by atoms with Crippen LogP contribution in [0.5, 0.6) is 5.75 Å². The molecule has 1 aliphatic rings. The molecule has 4 aromatic rings. The van der Waals surface area contributed by atoms with Gasteiger partial charge >= 0.3 is 6.03 Å². The van der Waals surface area contributed by atoms with E-state index in [9.17, 15) is 18.8 Å². The second kappa shape index (κ2) is 12.0. The molecule has 1 fully saturated rings. The van der Waals surface area contributed by atoms with Gasteiger partial charge in [-0.25, -0.2) is 14.2 Å². The summed E-state index contributed by atoms with van der Waals surface area (Å²) < 4.78 is 20.2. The molecule has 1 unspecified atom stereocenters. The van der Waals surface area contributed by atoms with Crippen LogP contribution in [0.4, 0.5) is 9.18 Å². The molecule has 0 spiro atoms. The maximum Gasteiger partial charge on any atom is 0.325 e. The van der Waals surface area contributed by atoms with Crippen molar-refractivity contribution >= 4 is 29.4 Å². The van der Waals surface area contributed by atoms with Gasteiger partial charge in [-0.05, 0) is 41.5 Å². The molecule has 4 amide bonds. The number of rotatable bonds is 9. The Bertz CT molecular complexity index is 1610. The zero-order valence-corrected chi connectivity index (χ0v) is 23.9. The first-order valence-corrected chi connectivity index (χ1v) is 13.6. The number of halogens is 2. The molecule has 9 nitrogen and oxygen atoms in total. The molecule has 0 bridgehead atoms. The van der Waals surface area contributed by atoms with Gasteiger partial charge in [-0.15, -0.1) is 0 Å². The number of urea groups is 1. The van der Waals surface area contributed by atoms with E-state index in [1.807, 2.05) is 37.3 Å². The van der Waals surface area contributed by atoms with E-state index in [1.54, 1.807) is 44.4 Å². The maximum atomic E-state index is 14.7. The molecule has 5 rings (SSSR count). The molecule has 3 aromatic carbocycles. The minimum Gasteiger partial charge on any atom is -0.484 e. The summed E-state index contributed by atoms with van der Waals surface area (Å²) in [6.45, 7) is 1.78. The van der Waals surface area contributed by atoms with E-state index in [1.165, 1.54) is 28.1 Å². The van der Waals surface area contributed by atoms with Gasteiger partial charge in [0.1, 0.15) is 29.5 Å². The summed E-state index contributed by atoms with van der Waals surface area (Å²) in [6.07, 6.45) is 1.47. The third-order valence-electron chi connectivity index (χ3n) is 7.22. The monoisotopic (exact) mass is 589 g/mol. The molecule has 11 heteroatoms. The third kappa shape index (κ3) is 5.84. The Hall–Kier alpha value is -4.70. The van der Waals surface area contributed by atoms with Crippen LogP contribution in [0.1, 0.15) is 41.9 Å². The molecule has 0 radical (unpaired) electrons. The Morgan fingerprint density at radius 3 is 2.48 bits per heavy atom. The molecule has 1 aromatic heterocycles. The number of imide groups is 1. The number of benzene rings is 3. The smallest absolute Gasteiger partial charge is 0.325 e. The van der Waals surface area contributed by atoms with Crippen molar-refractivity contribution in [1.82, 2.24) is 25.1 Å². The number of carbonyl (C=O) groups is 3. The molecule has 1 saturated heterocycles. The number of H-pyrrole nitrogens is 1. The molecule has 216 valence electrons. The molecule has 42 heavy (non-hydrogen) atoms. The predicted molar refractivity (Wildman–Crippen MR) is 155 cm³/mol. The van der Waals surface area contributed by atoms with Gasteiger partial charge < -0.3 is 19.9 Å². The zero-order valence-electron chi connectivity index (χ0n) is 23.2. The fourth-order valence-electron chi connectivity index (χ4n) is 4.87. The lowest BCUT2D eigenvalue weighted by atomic mass is 9.91. The highest BCUT2D eigenvalue weighted by Crippen LogP contribution is 2.39. The van der Waals surface area contributed by atoms with Crippen LogP contribution >= 0.6 is 11.6 Å². The standard InChI is InChI=1S/C31H29ClFN5O4/c1-18(19-7-5-4-6-8-19)28(29-34-16-25(35-29)23-14-11-21(32)15-24(23)33)38-30(40)27(36-31(38)41)20-9-12-22(13-10-20)42-17-26(39)37(2)3/h4-16,18,27-28H,17H2,1-3H3,(H,34,35)(H,36,41)/t18-,27+,28?/m0/s1. The number of aromatic nitrogens is 2. The zero-order chi connectivity index (χ0) is 30.0. The van der Waals surface area contributed by atoms with Crippen molar-refractivity contribution in [1.29, 1.82) is 0 Å². The number of hydrogen-bond donors (Lipinski definition) is 2. The van der Waals surface area contributed by atoms with E-state index >= 15 is 0 Å². The lowest BCUT2D eigenvalue weighted by Gasteiger charge is -2.29. The third-order valence-corrected chi connectivity index (χ3v) is 7.45. The first kappa shape index (κ1) is 28.8.